The molecule has 0 unspecified atom stereocenters. The van der Waals surface area contributed by atoms with E-state index in [9.17, 15) is 5.26 Å². The number of para-hydroxylation sites is 2. The van der Waals surface area contributed by atoms with Crippen LogP contribution in [-0.2, 0) is 0 Å². The highest BCUT2D eigenvalue weighted by Gasteiger charge is 2.16. The molecule has 0 aliphatic heterocycles. The van der Waals surface area contributed by atoms with E-state index in [1.807, 2.05) is 60.7 Å². The van der Waals surface area contributed by atoms with Crippen LogP contribution in [-0.4, -0.2) is 0 Å². The highest BCUT2D eigenvalue weighted by atomic mass is 16.3. The quantitative estimate of drug-likeness (QED) is 0.237. The van der Waals surface area contributed by atoms with Crippen molar-refractivity contribution >= 4 is 43.9 Å². The van der Waals surface area contributed by atoms with E-state index in [-0.39, 0.29) is 0 Å². The number of hydrogen-bond donors (Lipinski definition) is 0. The summed E-state index contributed by atoms with van der Waals surface area (Å²) in [5.74, 6) is 0. The first-order valence-corrected chi connectivity index (χ1v) is 13.2. The molecule has 0 spiro atoms. The molecule has 8 rings (SSSR count). The summed E-state index contributed by atoms with van der Waals surface area (Å²) in [7, 11) is 0. The summed E-state index contributed by atoms with van der Waals surface area (Å²) in [6.07, 6.45) is 0. The third kappa shape index (κ3) is 3.44. The standard InChI is InChI=1S/C37H21NO2/c38-22-26-7-1-2-8-27(26)23-13-16-28(24-14-17-36-32(20-24)29-9-3-5-11-34(29)39-36)31(19-23)25-15-18-37-33(21-25)30-10-4-6-12-35(30)40-37/h1-21H. The van der Waals surface area contributed by atoms with Gasteiger partial charge in [0.2, 0.25) is 0 Å². The van der Waals surface area contributed by atoms with Crippen LogP contribution in [0.5, 0.6) is 0 Å². The van der Waals surface area contributed by atoms with Crippen molar-refractivity contribution in [2.24, 2.45) is 0 Å². The lowest BCUT2D eigenvalue weighted by Crippen LogP contribution is -1.90. The number of hydrogen-bond acceptors (Lipinski definition) is 3. The maximum Gasteiger partial charge on any atom is 0.135 e. The van der Waals surface area contributed by atoms with E-state index in [4.69, 9.17) is 8.83 Å². The number of fused-ring (bicyclic) bond motifs is 6. The number of nitrogens with zero attached hydrogens (tertiary/aromatic N) is 1. The molecule has 0 saturated carbocycles. The summed E-state index contributed by atoms with van der Waals surface area (Å²) in [4.78, 5) is 0. The second-order valence-electron chi connectivity index (χ2n) is 10.0. The van der Waals surface area contributed by atoms with Gasteiger partial charge in [0.15, 0.2) is 0 Å². The van der Waals surface area contributed by atoms with Crippen molar-refractivity contribution < 1.29 is 8.83 Å². The molecule has 0 aliphatic carbocycles. The third-order valence-corrected chi connectivity index (χ3v) is 7.75. The lowest BCUT2D eigenvalue weighted by atomic mass is 9.89. The molecule has 0 radical (unpaired) electrons. The molecule has 40 heavy (non-hydrogen) atoms. The number of furan rings is 2. The topological polar surface area (TPSA) is 50.1 Å². The highest BCUT2D eigenvalue weighted by Crippen LogP contribution is 2.41. The maximum absolute atomic E-state index is 9.79. The predicted octanol–water partition coefficient (Wildman–Crippen LogP) is 10.4. The zero-order valence-corrected chi connectivity index (χ0v) is 21.4. The molecule has 6 aromatic carbocycles. The first kappa shape index (κ1) is 22.4. The Kier molecular flexibility index (Phi) is 4.89. The van der Waals surface area contributed by atoms with Gasteiger partial charge in [0.25, 0.3) is 0 Å². The van der Waals surface area contributed by atoms with E-state index in [0.717, 1.165) is 77.3 Å². The van der Waals surface area contributed by atoms with Gasteiger partial charge in [-0.2, -0.15) is 5.26 Å². The lowest BCUT2D eigenvalue weighted by molar-refractivity contribution is 0.668. The Hall–Kier alpha value is -5.59. The van der Waals surface area contributed by atoms with Gasteiger partial charge in [0.05, 0.1) is 11.6 Å². The zero-order valence-electron chi connectivity index (χ0n) is 21.4. The van der Waals surface area contributed by atoms with Crippen molar-refractivity contribution in [1.82, 2.24) is 0 Å². The van der Waals surface area contributed by atoms with Gasteiger partial charge < -0.3 is 8.83 Å². The van der Waals surface area contributed by atoms with Gasteiger partial charge in [-0.1, -0.05) is 78.9 Å². The average Bonchev–Trinajstić information content (AvgIpc) is 3.58. The first-order valence-electron chi connectivity index (χ1n) is 13.2. The monoisotopic (exact) mass is 511 g/mol. The summed E-state index contributed by atoms with van der Waals surface area (Å²) in [5, 5.41) is 14.2. The second-order valence-corrected chi connectivity index (χ2v) is 10.0. The molecule has 2 aromatic heterocycles. The molecule has 0 bridgehead atoms. The number of rotatable bonds is 3. The van der Waals surface area contributed by atoms with Gasteiger partial charge in [0.1, 0.15) is 22.3 Å². The van der Waals surface area contributed by atoms with Crippen LogP contribution in [0.15, 0.2) is 136 Å². The Morgan fingerprint density at radius 3 is 1.55 bits per heavy atom. The molecule has 0 atom stereocenters. The number of nitriles is 1. The zero-order chi connectivity index (χ0) is 26.6. The van der Waals surface area contributed by atoms with E-state index in [2.05, 4.69) is 72.8 Å². The van der Waals surface area contributed by atoms with Crippen molar-refractivity contribution in [2.45, 2.75) is 0 Å². The molecule has 0 fully saturated rings. The van der Waals surface area contributed by atoms with E-state index in [1.165, 1.54) is 0 Å². The fourth-order valence-corrected chi connectivity index (χ4v) is 5.82. The summed E-state index contributed by atoms with van der Waals surface area (Å²) in [6, 6.07) is 45.7. The van der Waals surface area contributed by atoms with Crippen LogP contribution in [0.3, 0.4) is 0 Å². The van der Waals surface area contributed by atoms with Crippen LogP contribution in [0.2, 0.25) is 0 Å². The molecule has 0 saturated heterocycles. The van der Waals surface area contributed by atoms with Gasteiger partial charge >= 0.3 is 0 Å². The van der Waals surface area contributed by atoms with E-state index in [0.29, 0.717) is 5.56 Å². The van der Waals surface area contributed by atoms with Crippen LogP contribution in [0.1, 0.15) is 5.56 Å². The van der Waals surface area contributed by atoms with Crippen molar-refractivity contribution in [3.63, 3.8) is 0 Å². The minimum atomic E-state index is 0.656. The van der Waals surface area contributed by atoms with Gasteiger partial charge in [-0.3, -0.25) is 0 Å². The van der Waals surface area contributed by atoms with Crippen molar-refractivity contribution in [2.75, 3.05) is 0 Å². The van der Waals surface area contributed by atoms with Crippen molar-refractivity contribution in [3.05, 3.63) is 133 Å². The van der Waals surface area contributed by atoms with Crippen LogP contribution in [0, 0.1) is 11.3 Å². The van der Waals surface area contributed by atoms with Gasteiger partial charge in [-0.15, -0.1) is 0 Å². The fourth-order valence-electron chi connectivity index (χ4n) is 5.82. The van der Waals surface area contributed by atoms with E-state index < -0.39 is 0 Å². The molecular weight excluding hydrogens is 490 g/mol. The Morgan fingerprint density at radius 2 is 0.900 bits per heavy atom. The van der Waals surface area contributed by atoms with Crippen LogP contribution >= 0.6 is 0 Å². The largest absolute Gasteiger partial charge is 0.456 e. The van der Waals surface area contributed by atoms with Crippen LogP contribution < -0.4 is 0 Å². The Bertz CT molecular complexity index is 2290. The Morgan fingerprint density at radius 1 is 0.400 bits per heavy atom. The van der Waals surface area contributed by atoms with Crippen molar-refractivity contribution in [3.8, 4) is 39.4 Å². The molecule has 3 nitrogen and oxygen atoms in total. The SMILES string of the molecule is N#Cc1ccccc1-c1ccc(-c2ccc3oc4ccccc4c3c2)c(-c2ccc3oc4ccccc4c3c2)c1. The minimum absolute atomic E-state index is 0.656. The normalized spacial score (nSPS) is 11.5. The van der Waals surface area contributed by atoms with Gasteiger partial charge in [0, 0.05) is 21.5 Å². The number of benzene rings is 6. The molecular formula is C37H21NO2. The first-order chi connectivity index (χ1) is 19.8. The summed E-state index contributed by atoms with van der Waals surface area (Å²) in [6.45, 7) is 0. The second kappa shape index (κ2) is 8.73. The lowest BCUT2D eigenvalue weighted by Gasteiger charge is -2.14. The molecule has 8 aromatic rings. The van der Waals surface area contributed by atoms with Gasteiger partial charge in [-0.05, 0) is 81.9 Å². The fraction of sp³-hybridized carbons (Fsp3) is 0. The predicted molar refractivity (Wildman–Crippen MR) is 162 cm³/mol. The smallest absolute Gasteiger partial charge is 0.135 e. The summed E-state index contributed by atoms with van der Waals surface area (Å²) in [5.41, 5.74) is 10.5. The molecule has 3 heteroatoms. The summed E-state index contributed by atoms with van der Waals surface area (Å²) < 4.78 is 12.2. The van der Waals surface area contributed by atoms with E-state index in [1.54, 1.807) is 0 Å². The van der Waals surface area contributed by atoms with Crippen LogP contribution in [0.25, 0.3) is 77.3 Å². The van der Waals surface area contributed by atoms with Gasteiger partial charge in [-0.25, -0.2) is 0 Å². The maximum atomic E-state index is 9.79. The molecule has 0 amide bonds. The molecule has 0 aliphatic rings. The Balaban J connectivity index is 1.39. The van der Waals surface area contributed by atoms with Crippen molar-refractivity contribution in [1.29, 1.82) is 5.26 Å². The Labute approximate surface area is 230 Å². The highest BCUT2D eigenvalue weighted by molar-refractivity contribution is 6.08. The van der Waals surface area contributed by atoms with Crippen LogP contribution in [0.4, 0.5) is 0 Å². The summed E-state index contributed by atoms with van der Waals surface area (Å²) >= 11 is 0. The molecule has 186 valence electrons. The van der Waals surface area contributed by atoms with E-state index >= 15 is 0 Å². The minimum Gasteiger partial charge on any atom is -0.456 e. The average molecular weight is 512 g/mol. The molecule has 0 N–H and O–H groups in total. The third-order valence-electron chi connectivity index (χ3n) is 7.75. The molecule has 2 heterocycles.